The fourth-order valence-electron chi connectivity index (χ4n) is 1.39. The molecule has 1 atom stereocenters. The number of nitriles is 1. The van der Waals surface area contributed by atoms with Gasteiger partial charge in [-0.15, -0.1) is 0 Å². The van der Waals surface area contributed by atoms with E-state index in [9.17, 15) is 4.79 Å². The number of amides is 1. The number of benzene rings is 1. The van der Waals surface area contributed by atoms with Gasteiger partial charge in [0.25, 0.3) is 0 Å². The Bertz CT molecular complexity index is 403. The molecule has 1 rings (SSSR count). The van der Waals surface area contributed by atoms with Crippen LogP contribution in [-0.4, -0.2) is 11.9 Å². The topological polar surface area (TPSA) is 78.9 Å². The fraction of sp³-hybridized carbons (Fsp3) is 0.333. The molecule has 84 valence electrons. The average Bonchev–Trinajstić information content (AvgIpc) is 2.25. The summed E-state index contributed by atoms with van der Waals surface area (Å²) >= 11 is 0. The molecule has 0 saturated carbocycles. The van der Waals surface area contributed by atoms with Crippen molar-refractivity contribution in [3.63, 3.8) is 0 Å². The number of nitrogens with one attached hydrogen (secondary N) is 1. The zero-order chi connectivity index (χ0) is 12.1. The van der Waals surface area contributed by atoms with Crippen molar-refractivity contribution >= 4 is 11.6 Å². The van der Waals surface area contributed by atoms with Gasteiger partial charge in [0.05, 0.1) is 11.6 Å². The van der Waals surface area contributed by atoms with Crippen LogP contribution in [-0.2, 0) is 4.79 Å². The summed E-state index contributed by atoms with van der Waals surface area (Å²) in [6.45, 7) is 3.85. The van der Waals surface area contributed by atoms with Crippen molar-refractivity contribution in [3.05, 3.63) is 29.8 Å². The van der Waals surface area contributed by atoms with Gasteiger partial charge in [-0.2, -0.15) is 5.26 Å². The molecule has 3 N–H and O–H groups in total. The molecule has 0 heterocycles. The number of anilines is 1. The summed E-state index contributed by atoms with van der Waals surface area (Å²) in [4.78, 5) is 11.2. The maximum absolute atomic E-state index is 11.2. The van der Waals surface area contributed by atoms with Gasteiger partial charge in [0, 0.05) is 5.69 Å². The maximum atomic E-state index is 11.2. The van der Waals surface area contributed by atoms with Gasteiger partial charge in [0.15, 0.2) is 0 Å². The lowest BCUT2D eigenvalue weighted by molar-refractivity contribution is -0.119. The van der Waals surface area contributed by atoms with Crippen LogP contribution in [0.25, 0.3) is 0 Å². The Kier molecular flexibility index (Phi) is 3.90. The first kappa shape index (κ1) is 12.1. The van der Waals surface area contributed by atoms with Gasteiger partial charge in [-0.05, 0) is 30.2 Å². The minimum absolute atomic E-state index is 0.119. The monoisotopic (exact) mass is 217 g/mol. The summed E-state index contributed by atoms with van der Waals surface area (Å²) in [5.74, 6) is -0.257. The number of hydrogen-bond acceptors (Lipinski definition) is 3. The fourth-order valence-corrected chi connectivity index (χ4v) is 1.39. The van der Waals surface area contributed by atoms with Crippen molar-refractivity contribution in [3.8, 4) is 6.07 Å². The molecule has 1 amide bonds. The minimum atomic E-state index is -0.395. The zero-order valence-corrected chi connectivity index (χ0v) is 9.40. The van der Waals surface area contributed by atoms with E-state index in [1.807, 2.05) is 19.9 Å². The van der Waals surface area contributed by atoms with Crippen LogP contribution >= 0.6 is 0 Å². The normalized spacial score (nSPS) is 11.9. The molecule has 1 unspecified atom stereocenters. The number of rotatable bonds is 4. The molecule has 0 aliphatic heterocycles. The standard InChI is InChI=1S/C12H15N3O/c1-8(2)11(12(14)16)15-10-5-3-9(7-13)4-6-10/h3-6,8,11,15H,1-2H3,(H2,14,16). The van der Waals surface area contributed by atoms with E-state index in [-0.39, 0.29) is 11.8 Å². The smallest absolute Gasteiger partial charge is 0.240 e. The van der Waals surface area contributed by atoms with E-state index in [0.717, 1.165) is 5.69 Å². The first-order valence-corrected chi connectivity index (χ1v) is 5.10. The molecule has 1 aromatic rings. The second kappa shape index (κ2) is 5.17. The van der Waals surface area contributed by atoms with Gasteiger partial charge in [-0.25, -0.2) is 0 Å². The minimum Gasteiger partial charge on any atom is -0.373 e. The summed E-state index contributed by atoms with van der Waals surface area (Å²) in [5, 5.41) is 11.7. The lowest BCUT2D eigenvalue weighted by atomic mass is 10.0. The van der Waals surface area contributed by atoms with Crippen molar-refractivity contribution in [2.45, 2.75) is 19.9 Å². The van der Waals surface area contributed by atoms with Crippen molar-refractivity contribution in [1.82, 2.24) is 0 Å². The number of nitrogens with zero attached hydrogens (tertiary/aromatic N) is 1. The van der Waals surface area contributed by atoms with E-state index in [4.69, 9.17) is 11.0 Å². The van der Waals surface area contributed by atoms with Gasteiger partial charge < -0.3 is 11.1 Å². The third kappa shape index (κ3) is 2.99. The van der Waals surface area contributed by atoms with Gasteiger partial charge >= 0.3 is 0 Å². The highest BCUT2D eigenvalue weighted by Gasteiger charge is 2.18. The van der Waals surface area contributed by atoms with Crippen LogP contribution in [0.15, 0.2) is 24.3 Å². The SMILES string of the molecule is CC(C)C(Nc1ccc(C#N)cc1)C(N)=O. The molecule has 0 fully saturated rings. The first-order valence-electron chi connectivity index (χ1n) is 5.10. The van der Waals surface area contributed by atoms with E-state index >= 15 is 0 Å². The molecule has 0 saturated heterocycles. The van der Waals surface area contributed by atoms with E-state index < -0.39 is 6.04 Å². The number of primary amides is 1. The highest BCUT2D eigenvalue weighted by atomic mass is 16.1. The van der Waals surface area contributed by atoms with Gasteiger partial charge in [-0.1, -0.05) is 13.8 Å². The number of carbonyl (C=O) groups excluding carboxylic acids is 1. The van der Waals surface area contributed by atoms with Crippen molar-refractivity contribution in [1.29, 1.82) is 5.26 Å². The lowest BCUT2D eigenvalue weighted by Crippen LogP contribution is -2.39. The van der Waals surface area contributed by atoms with E-state index in [2.05, 4.69) is 5.32 Å². The molecule has 4 heteroatoms. The predicted molar refractivity (Wildman–Crippen MR) is 62.6 cm³/mol. The van der Waals surface area contributed by atoms with Crippen LogP contribution in [0, 0.1) is 17.2 Å². The van der Waals surface area contributed by atoms with Crippen molar-refractivity contribution in [2.24, 2.45) is 11.7 Å². The van der Waals surface area contributed by atoms with Gasteiger partial charge in [-0.3, -0.25) is 4.79 Å². The molecule has 0 aliphatic carbocycles. The molecule has 1 aromatic carbocycles. The van der Waals surface area contributed by atoms with Crippen LogP contribution in [0.3, 0.4) is 0 Å². The molecule has 0 aromatic heterocycles. The molecule has 16 heavy (non-hydrogen) atoms. The van der Waals surface area contributed by atoms with E-state index in [0.29, 0.717) is 5.56 Å². The quantitative estimate of drug-likeness (QED) is 0.801. The summed E-state index contributed by atoms with van der Waals surface area (Å²) in [7, 11) is 0. The lowest BCUT2D eigenvalue weighted by Gasteiger charge is -2.20. The van der Waals surface area contributed by atoms with Crippen LogP contribution in [0.5, 0.6) is 0 Å². The highest BCUT2D eigenvalue weighted by Crippen LogP contribution is 2.13. The molecular weight excluding hydrogens is 202 g/mol. The Hall–Kier alpha value is -2.02. The van der Waals surface area contributed by atoms with Crippen LogP contribution in [0.1, 0.15) is 19.4 Å². The molecule has 4 nitrogen and oxygen atoms in total. The third-order valence-electron chi connectivity index (χ3n) is 2.31. The Morgan fingerprint density at radius 3 is 2.31 bits per heavy atom. The van der Waals surface area contributed by atoms with E-state index in [1.165, 1.54) is 0 Å². The van der Waals surface area contributed by atoms with Crippen LogP contribution in [0.4, 0.5) is 5.69 Å². The molecular formula is C12H15N3O. The second-order valence-electron chi connectivity index (χ2n) is 3.96. The number of hydrogen-bond donors (Lipinski definition) is 2. The summed E-state index contributed by atoms with van der Waals surface area (Å²) in [6.07, 6.45) is 0. The Morgan fingerprint density at radius 1 is 1.38 bits per heavy atom. The molecule has 0 bridgehead atoms. The number of carbonyl (C=O) groups is 1. The van der Waals surface area contributed by atoms with E-state index in [1.54, 1.807) is 24.3 Å². The van der Waals surface area contributed by atoms with Crippen LogP contribution < -0.4 is 11.1 Å². The van der Waals surface area contributed by atoms with Gasteiger partial charge in [0.2, 0.25) is 5.91 Å². The van der Waals surface area contributed by atoms with Crippen molar-refractivity contribution < 1.29 is 4.79 Å². The predicted octanol–water partition coefficient (Wildman–Crippen LogP) is 1.48. The Balaban J connectivity index is 2.78. The zero-order valence-electron chi connectivity index (χ0n) is 9.40. The Labute approximate surface area is 95.1 Å². The summed E-state index contributed by atoms with van der Waals surface area (Å²) < 4.78 is 0. The second-order valence-corrected chi connectivity index (χ2v) is 3.96. The third-order valence-corrected chi connectivity index (χ3v) is 2.31. The Morgan fingerprint density at radius 2 is 1.94 bits per heavy atom. The average molecular weight is 217 g/mol. The highest BCUT2D eigenvalue weighted by molar-refractivity contribution is 5.83. The van der Waals surface area contributed by atoms with Gasteiger partial charge in [0.1, 0.15) is 6.04 Å². The van der Waals surface area contributed by atoms with Crippen LogP contribution in [0.2, 0.25) is 0 Å². The molecule has 0 radical (unpaired) electrons. The molecule has 0 aliphatic rings. The number of nitrogens with two attached hydrogens (primary N) is 1. The largest absolute Gasteiger partial charge is 0.373 e. The maximum Gasteiger partial charge on any atom is 0.240 e. The summed E-state index contributed by atoms with van der Waals surface area (Å²) in [5.41, 5.74) is 6.66. The molecule has 0 spiro atoms. The summed E-state index contributed by atoms with van der Waals surface area (Å²) in [6, 6.07) is 8.55. The first-order chi connectivity index (χ1) is 7.54. The van der Waals surface area contributed by atoms with Crippen molar-refractivity contribution in [2.75, 3.05) is 5.32 Å².